The van der Waals surface area contributed by atoms with Crippen molar-refractivity contribution in [3.8, 4) is 0 Å². The molecule has 1 fully saturated rings. The number of carbonyl (C=O) groups excluding carboxylic acids is 2. The third-order valence-electron chi connectivity index (χ3n) is 3.49. The molecular formula is C16H11Cl2NO3S. The number of halogens is 2. The van der Waals surface area contributed by atoms with Gasteiger partial charge in [0.15, 0.2) is 0 Å². The molecule has 1 aliphatic rings. The Morgan fingerprint density at radius 1 is 1.00 bits per heavy atom. The monoisotopic (exact) mass is 367 g/mol. The minimum absolute atomic E-state index is 0.217. The van der Waals surface area contributed by atoms with Crippen LogP contribution in [-0.4, -0.2) is 21.8 Å². The topological polar surface area (TPSA) is 54.5 Å². The van der Waals surface area contributed by atoms with Crippen molar-refractivity contribution >= 4 is 51.5 Å². The van der Waals surface area contributed by atoms with Gasteiger partial charge in [-0.2, -0.15) is 0 Å². The molecule has 2 aromatic rings. The number of benzene rings is 2. The van der Waals surface area contributed by atoms with E-state index < -0.39 is 27.9 Å². The van der Waals surface area contributed by atoms with Gasteiger partial charge in [-0.25, -0.2) is 4.90 Å². The van der Waals surface area contributed by atoms with Crippen LogP contribution in [0.2, 0.25) is 10.0 Å². The zero-order chi connectivity index (χ0) is 16.6. The van der Waals surface area contributed by atoms with Crippen molar-refractivity contribution in [3.05, 3.63) is 64.1 Å². The van der Waals surface area contributed by atoms with Gasteiger partial charge in [-0.1, -0.05) is 53.5 Å². The van der Waals surface area contributed by atoms with Crippen LogP contribution >= 0.6 is 23.2 Å². The van der Waals surface area contributed by atoms with E-state index in [9.17, 15) is 13.8 Å². The van der Waals surface area contributed by atoms with Crippen LogP contribution in [0.5, 0.6) is 0 Å². The van der Waals surface area contributed by atoms with Gasteiger partial charge in [0.2, 0.25) is 5.91 Å². The van der Waals surface area contributed by atoms with Crippen molar-refractivity contribution in [2.24, 2.45) is 0 Å². The van der Waals surface area contributed by atoms with E-state index in [0.717, 1.165) is 4.90 Å². The largest absolute Gasteiger partial charge is 0.273 e. The SMILES string of the molecule is O=C1C[S@@](=O)[C@@H](c2ccccc2)C(=O)N1c1ccc(Cl)c(Cl)c1. The summed E-state index contributed by atoms with van der Waals surface area (Å²) in [6.07, 6.45) is 0. The minimum atomic E-state index is -1.59. The number of amides is 2. The Hall–Kier alpha value is -1.69. The Labute approximate surface area is 145 Å². The van der Waals surface area contributed by atoms with Gasteiger partial charge in [0.25, 0.3) is 5.91 Å². The Morgan fingerprint density at radius 3 is 2.35 bits per heavy atom. The lowest BCUT2D eigenvalue weighted by atomic mass is 10.1. The number of carbonyl (C=O) groups is 2. The Bertz CT molecular complexity index is 810. The smallest absolute Gasteiger partial charge is 0.254 e. The van der Waals surface area contributed by atoms with Crippen LogP contribution < -0.4 is 4.90 Å². The number of rotatable bonds is 2. The normalized spacial score (nSPS) is 21.6. The molecule has 0 bridgehead atoms. The second kappa shape index (κ2) is 6.43. The van der Waals surface area contributed by atoms with Crippen LogP contribution in [0, 0.1) is 0 Å². The molecule has 0 spiro atoms. The summed E-state index contributed by atoms with van der Waals surface area (Å²) in [7, 11) is -1.59. The molecule has 4 nitrogen and oxygen atoms in total. The molecule has 0 saturated carbocycles. The number of imide groups is 1. The highest BCUT2D eigenvalue weighted by Gasteiger charge is 2.41. The number of anilines is 1. The first-order valence-corrected chi connectivity index (χ1v) is 8.87. The van der Waals surface area contributed by atoms with Gasteiger partial charge < -0.3 is 0 Å². The van der Waals surface area contributed by atoms with Crippen LogP contribution in [-0.2, 0) is 20.4 Å². The summed E-state index contributed by atoms with van der Waals surface area (Å²) in [6, 6.07) is 13.3. The lowest BCUT2D eigenvalue weighted by molar-refractivity contribution is -0.125. The molecule has 0 aromatic heterocycles. The lowest BCUT2D eigenvalue weighted by Crippen LogP contribution is -2.49. The standard InChI is InChI=1S/C16H11Cl2NO3S/c17-12-7-6-11(8-13(12)18)19-14(20)9-23(22)15(16(19)21)10-4-2-1-3-5-10/h1-8,15H,9H2/t15-,23+/m0/s1. The second-order valence-electron chi connectivity index (χ2n) is 4.98. The van der Waals surface area contributed by atoms with Crippen LogP contribution in [0.1, 0.15) is 10.8 Å². The Balaban J connectivity index is 2.03. The highest BCUT2D eigenvalue weighted by Crippen LogP contribution is 2.33. The predicted octanol–water partition coefficient (Wildman–Crippen LogP) is 3.36. The Morgan fingerprint density at radius 2 is 1.70 bits per heavy atom. The van der Waals surface area contributed by atoms with E-state index in [0.29, 0.717) is 16.3 Å². The molecule has 2 atom stereocenters. The van der Waals surface area contributed by atoms with Gasteiger partial charge in [-0.05, 0) is 23.8 Å². The highest BCUT2D eigenvalue weighted by atomic mass is 35.5. The van der Waals surface area contributed by atoms with Crippen molar-refractivity contribution in [3.63, 3.8) is 0 Å². The molecule has 3 rings (SSSR count). The summed E-state index contributed by atoms with van der Waals surface area (Å²) in [5.74, 6) is -1.26. The lowest BCUT2D eigenvalue weighted by Gasteiger charge is -2.30. The van der Waals surface area contributed by atoms with E-state index in [1.54, 1.807) is 30.3 Å². The average molecular weight is 368 g/mol. The van der Waals surface area contributed by atoms with Crippen molar-refractivity contribution in [2.45, 2.75) is 5.25 Å². The van der Waals surface area contributed by atoms with Crippen LogP contribution in [0.4, 0.5) is 5.69 Å². The number of nitrogens with zero attached hydrogens (tertiary/aromatic N) is 1. The van der Waals surface area contributed by atoms with E-state index in [1.165, 1.54) is 12.1 Å². The molecular weight excluding hydrogens is 357 g/mol. The molecule has 1 aliphatic heterocycles. The minimum Gasteiger partial charge on any atom is -0.273 e. The summed E-state index contributed by atoms with van der Waals surface area (Å²) in [6.45, 7) is 0. The molecule has 0 aliphatic carbocycles. The van der Waals surface area contributed by atoms with Crippen molar-refractivity contribution in [1.29, 1.82) is 0 Å². The highest BCUT2D eigenvalue weighted by molar-refractivity contribution is 7.87. The number of hydrogen-bond donors (Lipinski definition) is 0. The van der Waals surface area contributed by atoms with Crippen molar-refractivity contribution in [2.75, 3.05) is 10.7 Å². The zero-order valence-corrected chi connectivity index (χ0v) is 14.1. The van der Waals surface area contributed by atoms with E-state index >= 15 is 0 Å². The summed E-state index contributed by atoms with van der Waals surface area (Å²) in [4.78, 5) is 26.0. The maximum Gasteiger partial charge on any atom is 0.254 e. The van der Waals surface area contributed by atoms with Gasteiger partial charge in [-0.15, -0.1) is 0 Å². The van der Waals surface area contributed by atoms with Crippen LogP contribution in [0.25, 0.3) is 0 Å². The van der Waals surface area contributed by atoms with Crippen LogP contribution in [0.15, 0.2) is 48.5 Å². The maximum atomic E-state index is 12.8. The fourth-order valence-electron chi connectivity index (χ4n) is 2.44. The molecule has 1 heterocycles. The third kappa shape index (κ3) is 3.04. The summed E-state index contributed by atoms with van der Waals surface area (Å²) in [5, 5.41) is -0.299. The average Bonchev–Trinajstić information content (AvgIpc) is 2.51. The van der Waals surface area contributed by atoms with Gasteiger partial charge in [0.1, 0.15) is 11.0 Å². The number of hydrogen-bond acceptors (Lipinski definition) is 3. The molecule has 2 amide bonds. The molecule has 0 N–H and O–H groups in total. The summed E-state index contributed by atoms with van der Waals surface area (Å²) < 4.78 is 12.3. The molecule has 118 valence electrons. The van der Waals surface area contributed by atoms with Gasteiger partial charge >= 0.3 is 0 Å². The fraction of sp³-hybridized carbons (Fsp3) is 0.125. The molecule has 7 heteroatoms. The van der Waals surface area contributed by atoms with E-state index in [-0.39, 0.29) is 10.8 Å². The molecule has 0 unspecified atom stereocenters. The van der Waals surface area contributed by atoms with E-state index in [4.69, 9.17) is 23.2 Å². The van der Waals surface area contributed by atoms with Crippen molar-refractivity contribution in [1.82, 2.24) is 0 Å². The van der Waals surface area contributed by atoms with Gasteiger partial charge in [0, 0.05) is 10.8 Å². The predicted molar refractivity (Wildman–Crippen MR) is 91.1 cm³/mol. The molecule has 0 radical (unpaired) electrons. The first-order valence-electron chi connectivity index (χ1n) is 6.73. The van der Waals surface area contributed by atoms with Crippen LogP contribution in [0.3, 0.4) is 0 Å². The summed E-state index contributed by atoms with van der Waals surface area (Å²) in [5.41, 5.74) is 0.945. The Kier molecular flexibility index (Phi) is 4.53. The summed E-state index contributed by atoms with van der Waals surface area (Å²) >= 11 is 11.8. The first-order chi connectivity index (χ1) is 11.0. The van der Waals surface area contributed by atoms with E-state index in [1.807, 2.05) is 6.07 Å². The van der Waals surface area contributed by atoms with Crippen molar-refractivity contribution < 1.29 is 13.8 Å². The quantitative estimate of drug-likeness (QED) is 0.764. The molecule has 1 saturated heterocycles. The maximum absolute atomic E-state index is 12.8. The zero-order valence-electron chi connectivity index (χ0n) is 11.7. The second-order valence-corrected chi connectivity index (χ2v) is 7.32. The van der Waals surface area contributed by atoms with Gasteiger partial charge in [-0.3, -0.25) is 13.8 Å². The van der Waals surface area contributed by atoms with E-state index in [2.05, 4.69) is 0 Å². The first kappa shape index (κ1) is 16.2. The third-order valence-corrected chi connectivity index (χ3v) is 5.76. The molecule has 23 heavy (non-hydrogen) atoms. The van der Waals surface area contributed by atoms with Gasteiger partial charge in [0.05, 0.1) is 15.7 Å². The molecule has 2 aromatic carbocycles. The fourth-order valence-corrected chi connectivity index (χ4v) is 4.06.